The molecule has 3 fully saturated rings. The van der Waals surface area contributed by atoms with Crippen molar-refractivity contribution in [3.63, 3.8) is 0 Å². The lowest BCUT2D eigenvalue weighted by Crippen LogP contribution is -2.44. The largest absolute Gasteiger partial charge is 0.497 e. The smallest absolute Gasteiger partial charge is 0.317 e. The van der Waals surface area contributed by atoms with Gasteiger partial charge in [-0.15, -0.1) is 0 Å². The first-order chi connectivity index (χ1) is 14.0. The monoisotopic (exact) mass is 421 g/mol. The SMILES string of the molecule is COc1cccc(CN2C[C@@H]3CCN(C(=O)NC4CCCC4)CC[C@H]3S2(=O)=O)c1. The van der Waals surface area contributed by atoms with Crippen LogP contribution in [0.15, 0.2) is 24.3 Å². The summed E-state index contributed by atoms with van der Waals surface area (Å²) >= 11 is 0. The molecule has 7 nitrogen and oxygen atoms in total. The van der Waals surface area contributed by atoms with Gasteiger partial charge >= 0.3 is 6.03 Å². The number of hydrogen-bond donors (Lipinski definition) is 1. The number of carbonyl (C=O) groups is 1. The minimum absolute atomic E-state index is 0.0255. The zero-order valence-corrected chi connectivity index (χ0v) is 17.9. The van der Waals surface area contributed by atoms with Crippen molar-refractivity contribution in [3.05, 3.63) is 29.8 Å². The van der Waals surface area contributed by atoms with Gasteiger partial charge in [-0.1, -0.05) is 25.0 Å². The fourth-order valence-corrected chi connectivity index (χ4v) is 7.19. The van der Waals surface area contributed by atoms with Crippen molar-refractivity contribution in [2.45, 2.75) is 56.4 Å². The van der Waals surface area contributed by atoms with E-state index in [0.29, 0.717) is 32.6 Å². The van der Waals surface area contributed by atoms with E-state index in [1.807, 2.05) is 29.2 Å². The van der Waals surface area contributed by atoms with Gasteiger partial charge in [0.15, 0.2) is 0 Å². The summed E-state index contributed by atoms with van der Waals surface area (Å²) in [5.41, 5.74) is 0.932. The lowest BCUT2D eigenvalue weighted by molar-refractivity contribution is 0.194. The van der Waals surface area contributed by atoms with Crippen molar-refractivity contribution < 1.29 is 17.9 Å². The molecule has 2 saturated heterocycles. The number of nitrogens with one attached hydrogen (secondary N) is 1. The van der Waals surface area contributed by atoms with Crippen LogP contribution in [0, 0.1) is 5.92 Å². The molecule has 1 aromatic rings. The third-order valence-corrected chi connectivity index (χ3v) is 9.01. The number of amides is 2. The van der Waals surface area contributed by atoms with E-state index in [1.54, 1.807) is 11.4 Å². The zero-order chi connectivity index (χ0) is 20.4. The molecule has 1 saturated carbocycles. The van der Waals surface area contributed by atoms with Crippen LogP contribution in [0.5, 0.6) is 5.75 Å². The molecule has 1 aromatic carbocycles. The Bertz CT molecular complexity index is 838. The molecular formula is C21H31N3O4S. The minimum Gasteiger partial charge on any atom is -0.497 e. The molecule has 4 rings (SSSR count). The summed E-state index contributed by atoms with van der Waals surface area (Å²) in [6.45, 7) is 2.04. The number of sulfonamides is 1. The van der Waals surface area contributed by atoms with Crippen LogP contribution in [0.25, 0.3) is 0 Å². The van der Waals surface area contributed by atoms with Gasteiger partial charge in [-0.2, -0.15) is 4.31 Å². The van der Waals surface area contributed by atoms with Gasteiger partial charge in [0.1, 0.15) is 5.75 Å². The number of urea groups is 1. The molecule has 0 radical (unpaired) electrons. The van der Waals surface area contributed by atoms with Gasteiger partial charge in [0.05, 0.1) is 12.4 Å². The molecule has 160 valence electrons. The second kappa shape index (κ2) is 8.52. The molecule has 0 unspecified atom stereocenters. The Kier molecular flexibility index (Phi) is 6.01. The number of benzene rings is 1. The lowest BCUT2D eigenvalue weighted by Gasteiger charge is -2.24. The number of fused-ring (bicyclic) bond motifs is 1. The lowest BCUT2D eigenvalue weighted by atomic mass is 10.0. The topological polar surface area (TPSA) is 79.0 Å². The average Bonchev–Trinajstić information content (AvgIpc) is 3.21. The van der Waals surface area contributed by atoms with E-state index in [4.69, 9.17) is 4.74 Å². The maximum Gasteiger partial charge on any atom is 0.317 e. The average molecular weight is 422 g/mol. The highest BCUT2D eigenvalue weighted by Gasteiger charge is 2.47. The van der Waals surface area contributed by atoms with Crippen LogP contribution in [0.4, 0.5) is 4.79 Å². The van der Waals surface area contributed by atoms with E-state index in [-0.39, 0.29) is 18.0 Å². The van der Waals surface area contributed by atoms with Crippen LogP contribution in [0.1, 0.15) is 44.1 Å². The summed E-state index contributed by atoms with van der Waals surface area (Å²) in [5, 5.41) is 2.74. The first-order valence-corrected chi connectivity index (χ1v) is 12.1. The summed E-state index contributed by atoms with van der Waals surface area (Å²) in [4.78, 5) is 14.4. The van der Waals surface area contributed by atoms with E-state index in [1.165, 1.54) is 12.8 Å². The Hall–Kier alpha value is -1.80. The zero-order valence-electron chi connectivity index (χ0n) is 17.0. The highest BCUT2D eigenvalue weighted by molar-refractivity contribution is 7.90. The number of likely N-dealkylation sites (tertiary alicyclic amines) is 1. The maximum atomic E-state index is 13.2. The first kappa shape index (κ1) is 20.5. The molecule has 2 atom stereocenters. The predicted octanol–water partition coefficient (Wildman–Crippen LogP) is 2.57. The van der Waals surface area contributed by atoms with Gasteiger partial charge in [-0.25, -0.2) is 13.2 Å². The van der Waals surface area contributed by atoms with Crippen LogP contribution in [0.3, 0.4) is 0 Å². The number of hydrogen-bond acceptors (Lipinski definition) is 4. The number of ether oxygens (including phenoxy) is 1. The predicted molar refractivity (Wildman–Crippen MR) is 111 cm³/mol. The molecule has 2 amide bonds. The Balaban J connectivity index is 1.39. The van der Waals surface area contributed by atoms with E-state index in [0.717, 1.165) is 30.6 Å². The second-order valence-corrected chi connectivity index (χ2v) is 10.6. The number of carbonyl (C=O) groups excluding carboxylic acids is 1. The molecule has 3 aliphatic rings. The van der Waals surface area contributed by atoms with E-state index < -0.39 is 15.3 Å². The van der Waals surface area contributed by atoms with Crippen LogP contribution < -0.4 is 10.1 Å². The van der Waals surface area contributed by atoms with Crippen LogP contribution in [-0.4, -0.2) is 61.7 Å². The Labute approximate surface area is 173 Å². The van der Waals surface area contributed by atoms with E-state index in [2.05, 4.69) is 5.32 Å². The Morgan fingerprint density at radius 3 is 2.69 bits per heavy atom. The van der Waals surface area contributed by atoms with Gasteiger partial charge in [0.25, 0.3) is 0 Å². The molecule has 29 heavy (non-hydrogen) atoms. The van der Waals surface area contributed by atoms with Crippen LogP contribution in [0.2, 0.25) is 0 Å². The van der Waals surface area contributed by atoms with Gasteiger partial charge in [0, 0.05) is 32.2 Å². The van der Waals surface area contributed by atoms with E-state index >= 15 is 0 Å². The van der Waals surface area contributed by atoms with Crippen molar-refractivity contribution in [2.24, 2.45) is 5.92 Å². The first-order valence-electron chi connectivity index (χ1n) is 10.6. The van der Waals surface area contributed by atoms with Crippen LogP contribution >= 0.6 is 0 Å². The number of nitrogens with zero attached hydrogens (tertiary/aromatic N) is 2. The van der Waals surface area contributed by atoms with Crippen molar-refractivity contribution in [3.8, 4) is 5.75 Å². The number of rotatable bonds is 4. The summed E-state index contributed by atoms with van der Waals surface area (Å²) in [7, 11) is -1.76. The van der Waals surface area contributed by atoms with Crippen molar-refractivity contribution in [2.75, 3.05) is 26.7 Å². The van der Waals surface area contributed by atoms with Crippen molar-refractivity contribution in [1.29, 1.82) is 0 Å². The standard InChI is InChI=1S/C21H31N3O4S/c1-28-19-8-4-5-16(13-19)14-24-15-17-9-11-23(12-10-20(17)29(24,26)27)21(25)22-18-6-2-3-7-18/h4-5,8,13,17-18,20H,2-3,6-7,9-12,14-15H2,1H3,(H,22,25)/t17-,20+/m0/s1. The minimum atomic E-state index is -3.37. The maximum absolute atomic E-state index is 13.2. The van der Waals surface area contributed by atoms with Gasteiger partial charge in [0.2, 0.25) is 10.0 Å². The second-order valence-electron chi connectivity index (χ2n) is 8.48. The molecule has 0 aromatic heterocycles. The normalized spacial score (nSPS) is 27.4. The summed E-state index contributed by atoms with van der Waals surface area (Å²) in [6, 6.07) is 7.82. The third-order valence-electron chi connectivity index (χ3n) is 6.62. The fraction of sp³-hybridized carbons (Fsp3) is 0.667. The highest BCUT2D eigenvalue weighted by Crippen LogP contribution is 2.35. The van der Waals surface area contributed by atoms with Gasteiger partial charge in [-0.3, -0.25) is 0 Å². The quantitative estimate of drug-likeness (QED) is 0.810. The van der Waals surface area contributed by atoms with Gasteiger partial charge in [-0.05, 0) is 49.3 Å². The molecule has 2 aliphatic heterocycles. The molecule has 1 N–H and O–H groups in total. The number of methoxy groups -OCH3 is 1. The van der Waals surface area contributed by atoms with Crippen molar-refractivity contribution >= 4 is 16.1 Å². The molecule has 8 heteroatoms. The third kappa shape index (κ3) is 4.38. The molecule has 2 heterocycles. The molecule has 0 bridgehead atoms. The van der Waals surface area contributed by atoms with Gasteiger partial charge < -0.3 is 15.0 Å². The molecular weight excluding hydrogens is 390 g/mol. The highest BCUT2D eigenvalue weighted by atomic mass is 32.2. The molecule has 0 spiro atoms. The Morgan fingerprint density at radius 1 is 1.17 bits per heavy atom. The van der Waals surface area contributed by atoms with Crippen molar-refractivity contribution in [1.82, 2.24) is 14.5 Å². The van der Waals surface area contributed by atoms with Crippen LogP contribution in [-0.2, 0) is 16.6 Å². The molecule has 1 aliphatic carbocycles. The summed E-state index contributed by atoms with van der Waals surface area (Å²) < 4.78 is 33.2. The van der Waals surface area contributed by atoms with E-state index in [9.17, 15) is 13.2 Å². The summed E-state index contributed by atoms with van der Waals surface area (Å²) in [5.74, 6) is 0.812. The Morgan fingerprint density at radius 2 is 1.93 bits per heavy atom. The summed E-state index contributed by atoms with van der Waals surface area (Å²) in [6.07, 6.45) is 5.71. The fourth-order valence-electron chi connectivity index (χ4n) is 4.96.